The molecule has 0 bridgehead atoms. The third-order valence-corrected chi connectivity index (χ3v) is 9.95. The highest BCUT2D eigenvalue weighted by Gasteiger charge is 2.40. The Morgan fingerprint density at radius 2 is 1.74 bits per heavy atom. The Labute approximate surface area is 185 Å². The van der Waals surface area contributed by atoms with E-state index in [0.717, 1.165) is 5.56 Å². The molecular formula is C23H34O7Si. The molecule has 0 saturated carbocycles. The zero-order valence-electron chi connectivity index (χ0n) is 19.7. The van der Waals surface area contributed by atoms with Crippen LogP contribution in [0.25, 0.3) is 0 Å². The largest absolute Gasteiger partial charge is 0.541 e. The zero-order chi connectivity index (χ0) is 23.4. The molecule has 0 spiro atoms. The fourth-order valence-corrected chi connectivity index (χ4v) is 3.87. The summed E-state index contributed by atoms with van der Waals surface area (Å²) in [6, 6.07) is 5.68. The number of benzene rings is 1. The molecule has 0 aliphatic carbocycles. The van der Waals surface area contributed by atoms with E-state index >= 15 is 0 Å². The SMILES string of the molecule is COc1ccc(C2C=C[C@H](OC(C)=O)[C@@H](COC(C)=O)O2)cc1O[Si](C)(C)C(C)(C)C. The summed E-state index contributed by atoms with van der Waals surface area (Å²) in [6.45, 7) is 13.5. The van der Waals surface area contributed by atoms with Crippen LogP contribution in [-0.4, -0.2) is 46.2 Å². The number of hydrogen-bond donors (Lipinski definition) is 0. The molecule has 0 amide bonds. The quantitative estimate of drug-likeness (QED) is 0.342. The first kappa shape index (κ1) is 24.9. The maximum atomic E-state index is 11.4. The highest BCUT2D eigenvalue weighted by atomic mass is 28.4. The van der Waals surface area contributed by atoms with Crippen molar-refractivity contribution in [3.8, 4) is 11.5 Å². The molecule has 31 heavy (non-hydrogen) atoms. The smallest absolute Gasteiger partial charge is 0.303 e. The molecule has 1 unspecified atom stereocenters. The summed E-state index contributed by atoms with van der Waals surface area (Å²) in [5.74, 6) is 0.467. The number of esters is 2. The van der Waals surface area contributed by atoms with Gasteiger partial charge in [-0.2, -0.15) is 0 Å². The second kappa shape index (κ2) is 9.87. The van der Waals surface area contributed by atoms with Gasteiger partial charge in [-0.1, -0.05) is 32.9 Å². The Kier molecular flexibility index (Phi) is 7.94. The standard InChI is InChI=1S/C23H34O7Si/c1-15(24)27-14-22-20(28-16(2)25)12-11-18(29-22)17-9-10-19(26-6)21(13-17)30-31(7,8)23(3,4)5/h9-13,18,20,22H,14H2,1-8H3/t18?,20-,22+/m0/s1. The van der Waals surface area contributed by atoms with Crippen molar-refractivity contribution in [2.75, 3.05) is 13.7 Å². The average Bonchev–Trinajstić information content (AvgIpc) is 2.65. The molecule has 8 heteroatoms. The lowest BCUT2D eigenvalue weighted by atomic mass is 10.0. The van der Waals surface area contributed by atoms with Gasteiger partial charge in [-0.3, -0.25) is 9.59 Å². The lowest BCUT2D eigenvalue weighted by molar-refractivity contribution is -0.163. The minimum atomic E-state index is -2.09. The average molecular weight is 451 g/mol. The van der Waals surface area contributed by atoms with Gasteiger partial charge in [0.25, 0.3) is 8.32 Å². The minimum Gasteiger partial charge on any atom is -0.541 e. The molecule has 2 rings (SSSR count). The van der Waals surface area contributed by atoms with Crippen LogP contribution in [0, 0.1) is 0 Å². The topological polar surface area (TPSA) is 80.3 Å². The Morgan fingerprint density at radius 3 is 2.29 bits per heavy atom. The van der Waals surface area contributed by atoms with Gasteiger partial charge in [0.15, 0.2) is 5.75 Å². The molecule has 172 valence electrons. The van der Waals surface area contributed by atoms with Gasteiger partial charge in [0.2, 0.25) is 0 Å². The lowest BCUT2D eigenvalue weighted by Crippen LogP contribution is -2.44. The van der Waals surface area contributed by atoms with Crippen molar-refractivity contribution in [3.63, 3.8) is 0 Å². The van der Waals surface area contributed by atoms with Crippen molar-refractivity contribution in [2.45, 2.75) is 71.1 Å². The van der Waals surface area contributed by atoms with Crippen LogP contribution in [-0.2, 0) is 23.8 Å². The van der Waals surface area contributed by atoms with Crippen molar-refractivity contribution < 1.29 is 33.0 Å². The summed E-state index contributed by atoms with van der Waals surface area (Å²) < 4.78 is 28.6. The Morgan fingerprint density at radius 1 is 1.06 bits per heavy atom. The monoisotopic (exact) mass is 450 g/mol. The number of rotatable bonds is 7. The number of carbonyl (C=O) groups excluding carboxylic acids is 2. The predicted octanol–water partition coefficient (Wildman–Crippen LogP) is 4.57. The van der Waals surface area contributed by atoms with Crippen LogP contribution in [0.4, 0.5) is 0 Å². The van der Waals surface area contributed by atoms with Crippen LogP contribution >= 0.6 is 0 Å². The number of carbonyl (C=O) groups is 2. The molecule has 1 heterocycles. The van der Waals surface area contributed by atoms with Gasteiger partial charge in [-0.25, -0.2) is 0 Å². The molecule has 1 aromatic rings. The summed E-state index contributed by atoms with van der Waals surface area (Å²) in [5, 5.41) is 0.0294. The Bertz CT molecular complexity index is 826. The molecule has 0 fully saturated rings. The zero-order valence-corrected chi connectivity index (χ0v) is 20.7. The van der Waals surface area contributed by atoms with Gasteiger partial charge in [-0.05, 0) is 41.9 Å². The first-order valence-electron chi connectivity index (χ1n) is 10.4. The third-order valence-electron chi connectivity index (χ3n) is 5.60. The summed E-state index contributed by atoms with van der Waals surface area (Å²) in [4.78, 5) is 22.7. The molecule has 3 atom stereocenters. The van der Waals surface area contributed by atoms with E-state index in [4.69, 9.17) is 23.4 Å². The van der Waals surface area contributed by atoms with Crippen LogP contribution in [0.5, 0.6) is 11.5 Å². The predicted molar refractivity (Wildman–Crippen MR) is 120 cm³/mol. The van der Waals surface area contributed by atoms with E-state index in [9.17, 15) is 9.59 Å². The van der Waals surface area contributed by atoms with Crippen LogP contribution < -0.4 is 9.16 Å². The summed E-state index contributed by atoms with van der Waals surface area (Å²) in [5.41, 5.74) is 0.861. The van der Waals surface area contributed by atoms with Gasteiger partial charge in [0.05, 0.1) is 7.11 Å². The fourth-order valence-electron chi connectivity index (χ4n) is 2.85. The van der Waals surface area contributed by atoms with E-state index in [-0.39, 0.29) is 11.6 Å². The fraction of sp³-hybridized carbons (Fsp3) is 0.565. The van der Waals surface area contributed by atoms with Gasteiger partial charge >= 0.3 is 11.9 Å². The van der Waals surface area contributed by atoms with Gasteiger partial charge < -0.3 is 23.4 Å². The van der Waals surface area contributed by atoms with Crippen molar-refractivity contribution in [1.82, 2.24) is 0 Å². The Balaban J connectivity index is 2.32. The van der Waals surface area contributed by atoms with E-state index in [1.54, 1.807) is 13.2 Å². The first-order chi connectivity index (χ1) is 14.3. The third kappa shape index (κ3) is 6.58. The lowest BCUT2D eigenvalue weighted by Gasteiger charge is -2.37. The van der Waals surface area contributed by atoms with Crippen LogP contribution in [0.3, 0.4) is 0 Å². The summed E-state index contributed by atoms with van der Waals surface area (Å²) in [7, 11) is -0.473. The van der Waals surface area contributed by atoms with Gasteiger partial charge in [0, 0.05) is 13.8 Å². The molecule has 1 aliphatic rings. The second-order valence-electron chi connectivity index (χ2n) is 9.13. The molecular weight excluding hydrogens is 416 g/mol. The maximum Gasteiger partial charge on any atom is 0.303 e. The Hall–Kier alpha value is -2.32. The summed E-state index contributed by atoms with van der Waals surface area (Å²) in [6.07, 6.45) is 1.93. The van der Waals surface area contributed by atoms with E-state index < -0.39 is 38.6 Å². The normalized spacial score (nSPS) is 21.4. The highest BCUT2D eigenvalue weighted by Crippen LogP contribution is 2.41. The van der Waals surface area contributed by atoms with Gasteiger partial charge in [0.1, 0.15) is 30.7 Å². The molecule has 0 N–H and O–H groups in total. The molecule has 1 aliphatic heterocycles. The number of hydrogen-bond acceptors (Lipinski definition) is 7. The highest BCUT2D eigenvalue weighted by molar-refractivity contribution is 6.74. The number of ether oxygens (including phenoxy) is 4. The molecule has 0 radical (unpaired) electrons. The summed E-state index contributed by atoms with van der Waals surface area (Å²) >= 11 is 0. The minimum absolute atomic E-state index is 0.0163. The van der Waals surface area contributed by atoms with Crippen molar-refractivity contribution >= 4 is 20.3 Å². The second-order valence-corrected chi connectivity index (χ2v) is 13.9. The van der Waals surface area contributed by atoms with Crippen LogP contribution in [0.15, 0.2) is 30.4 Å². The molecule has 0 saturated heterocycles. The van der Waals surface area contributed by atoms with Crippen molar-refractivity contribution in [1.29, 1.82) is 0 Å². The first-order valence-corrected chi connectivity index (χ1v) is 13.3. The molecule has 7 nitrogen and oxygen atoms in total. The number of methoxy groups -OCH3 is 1. The van der Waals surface area contributed by atoms with Crippen molar-refractivity contribution in [2.24, 2.45) is 0 Å². The van der Waals surface area contributed by atoms with E-state index in [0.29, 0.717) is 11.5 Å². The van der Waals surface area contributed by atoms with E-state index in [1.807, 2.05) is 24.3 Å². The van der Waals surface area contributed by atoms with Crippen LogP contribution in [0.1, 0.15) is 46.3 Å². The van der Waals surface area contributed by atoms with E-state index in [1.165, 1.54) is 13.8 Å². The molecule has 0 aromatic heterocycles. The van der Waals surface area contributed by atoms with Crippen molar-refractivity contribution in [3.05, 3.63) is 35.9 Å². The maximum absolute atomic E-state index is 11.4. The van der Waals surface area contributed by atoms with Crippen LogP contribution in [0.2, 0.25) is 18.1 Å². The van der Waals surface area contributed by atoms with E-state index in [2.05, 4.69) is 33.9 Å². The molecule has 1 aromatic carbocycles. The van der Waals surface area contributed by atoms with Gasteiger partial charge in [-0.15, -0.1) is 0 Å².